The smallest absolute Gasteiger partial charge is 0.336 e. The third kappa shape index (κ3) is 2.25. The number of aromatic carboxylic acids is 1. The lowest BCUT2D eigenvalue weighted by Gasteiger charge is -2.07. The highest BCUT2D eigenvalue weighted by Gasteiger charge is 2.17. The van der Waals surface area contributed by atoms with Crippen LogP contribution in [0.15, 0.2) is 36.5 Å². The normalized spacial score (nSPS) is 11.0. The Morgan fingerprint density at radius 1 is 1.38 bits per heavy atom. The van der Waals surface area contributed by atoms with Crippen LogP contribution in [0.2, 0.25) is 5.02 Å². The summed E-state index contributed by atoms with van der Waals surface area (Å²) < 4.78 is 1.67. The zero-order valence-corrected chi connectivity index (χ0v) is 12.0. The second-order valence-corrected chi connectivity index (χ2v) is 4.94. The van der Waals surface area contributed by atoms with Crippen molar-refractivity contribution in [3.05, 3.63) is 47.1 Å². The summed E-state index contributed by atoms with van der Waals surface area (Å²) in [4.78, 5) is 16.0. The van der Waals surface area contributed by atoms with Crippen molar-refractivity contribution in [3.8, 4) is 11.3 Å². The van der Waals surface area contributed by atoms with Crippen molar-refractivity contribution in [3.63, 3.8) is 0 Å². The summed E-state index contributed by atoms with van der Waals surface area (Å²) in [5.74, 6) is -1.01. The quantitative estimate of drug-likeness (QED) is 0.804. The Hall–Kier alpha value is -2.40. The van der Waals surface area contributed by atoms with Gasteiger partial charge in [0.1, 0.15) is 0 Å². The number of rotatable bonds is 3. The maximum absolute atomic E-state index is 11.5. The maximum atomic E-state index is 11.5. The minimum Gasteiger partial charge on any atom is -0.478 e. The Morgan fingerprint density at radius 2 is 2.14 bits per heavy atom. The van der Waals surface area contributed by atoms with Crippen LogP contribution in [0.4, 0.5) is 0 Å². The number of nitrogens with zero attached hydrogens (tertiary/aromatic N) is 3. The largest absolute Gasteiger partial charge is 0.478 e. The van der Waals surface area contributed by atoms with Crippen molar-refractivity contribution >= 4 is 28.6 Å². The van der Waals surface area contributed by atoms with Gasteiger partial charge in [0.05, 0.1) is 22.8 Å². The molecule has 1 aromatic carbocycles. The number of aromatic nitrogens is 3. The number of fused-ring (bicyclic) bond motifs is 1. The first-order chi connectivity index (χ1) is 10.1. The Bertz CT molecular complexity index is 842. The number of halogens is 1. The van der Waals surface area contributed by atoms with Gasteiger partial charge in [0, 0.05) is 17.1 Å². The number of carboxylic acids is 1. The number of hydrogen-bond donors (Lipinski definition) is 1. The summed E-state index contributed by atoms with van der Waals surface area (Å²) in [5.41, 5.74) is 1.95. The molecule has 6 heteroatoms. The number of hydrogen-bond acceptors (Lipinski definition) is 3. The van der Waals surface area contributed by atoms with E-state index < -0.39 is 5.97 Å². The van der Waals surface area contributed by atoms with Crippen LogP contribution < -0.4 is 0 Å². The Kier molecular flexibility index (Phi) is 3.35. The zero-order chi connectivity index (χ0) is 15.0. The van der Waals surface area contributed by atoms with Gasteiger partial charge in [-0.05, 0) is 19.1 Å². The molecule has 0 fully saturated rings. The van der Waals surface area contributed by atoms with E-state index in [1.807, 2.05) is 25.1 Å². The van der Waals surface area contributed by atoms with Crippen molar-refractivity contribution in [2.24, 2.45) is 0 Å². The molecule has 3 aromatic rings. The molecule has 0 amide bonds. The van der Waals surface area contributed by atoms with Crippen LogP contribution in [0, 0.1) is 0 Å². The summed E-state index contributed by atoms with van der Waals surface area (Å²) in [6, 6.07) is 8.76. The van der Waals surface area contributed by atoms with Crippen LogP contribution >= 0.6 is 11.6 Å². The molecular weight excluding hydrogens is 290 g/mol. The second kappa shape index (κ2) is 5.18. The first-order valence-corrected chi connectivity index (χ1v) is 6.84. The van der Waals surface area contributed by atoms with Crippen LogP contribution in [0.5, 0.6) is 0 Å². The molecule has 0 aliphatic heterocycles. The van der Waals surface area contributed by atoms with E-state index in [2.05, 4.69) is 10.1 Å². The molecule has 0 saturated carbocycles. The molecule has 0 saturated heterocycles. The standard InChI is InChI=1S/C15H12ClN3O2/c1-2-19-14-11(8-17-19)10(15(20)21)7-13(18-14)9-5-3-4-6-12(9)16/h3-8H,2H2,1H3,(H,20,21). The molecule has 0 radical (unpaired) electrons. The SMILES string of the molecule is CCn1ncc2c(C(=O)O)cc(-c3ccccc3Cl)nc21. The van der Waals surface area contributed by atoms with Crippen molar-refractivity contribution in [1.82, 2.24) is 14.8 Å². The highest BCUT2D eigenvalue weighted by Crippen LogP contribution is 2.29. The minimum atomic E-state index is -1.01. The van der Waals surface area contributed by atoms with Crippen LogP contribution in [-0.2, 0) is 6.54 Å². The minimum absolute atomic E-state index is 0.176. The van der Waals surface area contributed by atoms with Crippen LogP contribution in [0.1, 0.15) is 17.3 Å². The molecule has 106 valence electrons. The van der Waals surface area contributed by atoms with Crippen molar-refractivity contribution in [2.75, 3.05) is 0 Å². The average molecular weight is 302 g/mol. The molecule has 21 heavy (non-hydrogen) atoms. The van der Waals surface area contributed by atoms with E-state index in [1.165, 1.54) is 12.3 Å². The molecule has 0 bridgehead atoms. The summed E-state index contributed by atoms with van der Waals surface area (Å²) >= 11 is 6.18. The van der Waals surface area contributed by atoms with Crippen LogP contribution in [0.25, 0.3) is 22.3 Å². The van der Waals surface area contributed by atoms with E-state index in [1.54, 1.807) is 10.7 Å². The average Bonchev–Trinajstić information content (AvgIpc) is 2.89. The van der Waals surface area contributed by atoms with Gasteiger partial charge in [-0.25, -0.2) is 14.5 Å². The summed E-state index contributed by atoms with van der Waals surface area (Å²) in [6.07, 6.45) is 1.53. The molecule has 0 atom stereocenters. The Labute approximate surface area is 125 Å². The molecule has 1 N–H and O–H groups in total. The van der Waals surface area contributed by atoms with Crippen LogP contribution in [0.3, 0.4) is 0 Å². The molecule has 2 aromatic heterocycles. The highest BCUT2D eigenvalue weighted by atomic mass is 35.5. The van der Waals surface area contributed by atoms with E-state index in [4.69, 9.17) is 11.6 Å². The monoisotopic (exact) mass is 301 g/mol. The van der Waals surface area contributed by atoms with Gasteiger partial charge in [-0.3, -0.25) is 0 Å². The number of pyridine rings is 1. The highest BCUT2D eigenvalue weighted by molar-refractivity contribution is 6.33. The van der Waals surface area contributed by atoms with Gasteiger partial charge in [-0.2, -0.15) is 5.10 Å². The van der Waals surface area contributed by atoms with Crippen molar-refractivity contribution in [2.45, 2.75) is 13.5 Å². The predicted molar refractivity (Wildman–Crippen MR) is 80.6 cm³/mol. The summed E-state index contributed by atoms with van der Waals surface area (Å²) in [6.45, 7) is 2.54. The fourth-order valence-electron chi connectivity index (χ4n) is 2.26. The predicted octanol–water partition coefficient (Wildman–Crippen LogP) is 3.47. The van der Waals surface area contributed by atoms with E-state index >= 15 is 0 Å². The number of benzene rings is 1. The van der Waals surface area contributed by atoms with E-state index in [-0.39, 0.29) is 5.56 Å². The van der Waals surface area contributed by atoms with E-state index in [0.29, 0.717) is 33.9 Å². The van der Waals surface area contributed by atoms with Crippen molar-refractivity contribution < 1.29 is 9.90 Å². The Morgan fingerprint density at radius 3 is 2.81 bits per heavy atom. The van der Waals surface area contributed by atoms with Gasteiger partial charge < -0.3 is 5.11 Å². The first-order valence-electron chi connectivity index (χ1n) is 6.46. The van der Waals surface area contributed by atoms with Gasteiger partial charge in [-0.1, -0.05) is 29.8 Å². The fourth-order valence-corrected chi connectivity index (χ4v) is 2.50. The zero-order valence-electron chi connectivity index (χ0n) is 11.2. The van der Waals surface area contributed by atoms with Crippen molar-refractivity contribution in [1.29, 1.82) is 0 Å². The summed E-state index contributed by atoms with van der Waals surface area (Å²) in [7, 11) is 0. The molecule has 0 spiro atoms. The second-order valence-electron chi connectivity index (χ2n) is 4.54. The molecule has 0 unspecified atom stereocenters. The third-order valence-electron chi connectivity index (χ3n) is 3.29. The van der Waals surface area contributed by atoms with E-state index in [0.717, 1.165) is 0 Å². The van der Waals surface area contributed by atoms with Gasteiger partial charge in [0.2, 0.25) is 0 Å². The number of carbonyl (C=O) groups is 1. The van der Waals surface area contributed by atoms with Gasteiger partial charge in [-0.15, -0.1) is 0 Å². The Balaban J connectivity index is 2.34. The van der Waals surface area contributed by atoms with Crippen LogP contribution in [-0.4, -0.2) is 25.8 Å². The molecule has 3 rings (SSSR count). The lowest BCUT2D eigenvalue weighted by atomic mass is 10.1. The molecule has 0 aliphatic rings. The van der Waals surface area contributed by atoms with Gasteiger partial charge in [0.25, 0.3) is 0 Å². The lowest BCUT2D eigenvalue weighted by molar-refractivity contribution is 0.0699. The van der Waals surface area contributed by atoms with E-state index in [9.17, 15) is 9.90 Å². The maximum Gasteiger partial charge on any atom is 0.336 e. The first kappa shape index (κ1) is 13.6. The molecule has 0 aliphatic carbocycles. The molecular formula is C15H12ClN3O2. The summed E-state index contributed by atoms with van der Waals surface area (Å²) in [5, 5.41) is 14.6. The van der Waals surface area contributed by atoms with Gasteiger partial charge in [0.15, 0.2) is 5.65 Å². The lowest BCUT2D eigenvalue weighted by Crippen LogP contribution is -2.02. The third-order valence-corrected chi connectivity index (χ3v) is 3.62. The molecule has 2 heterocycles. The molecule has 5 nitrogen and oxygen atoms in total. The topological polar surface area (TPSA) is 68.0 Å². The number of aryl methyl sites for hydroxylation is 1. The number of carboxylic acid groups (broad SMARTS) is 1. The van der Waals surface area contributed by atoms with Gasteiger partial charge >= 0.3 is 5.97 Å². The fraction of sp³-hybridized carbons (Fsp3) is 0.133.